The first-order chi connectivity index (χ1) is 8.33. The highest BCUT2D eigenvalue weighted by molar-refractivity contribution is 6.05. The highest BCUT2D eigenvalue weighted by Crippen LogP contribution is 2.22. The van der Waals surface area contributed by atoms with Crippen molar-refractivity contribution < 1.29 is 0 Å². The van der Waals surface area contributed by atoms with Crippen LogP contribution in [0.25, 0.3) is 21.7 Å². The molecule has 84 valence electrons. The predicted octanol–water partition coefficient (Wildman–Crippen LogP) is 3.29. The molecule has 0 aliphatic heterocycles. The largest absolute Gasteiger partial charge is 0.326 e. The lowest BCUT2D eigenvalue weighted by Crippen LogP contribution is -2.19. The molecule has 0 bridgehead atoms. The van der Waals surface area contributed by atoms with E-state index < -0.39 is 0 Å². The van der Waals surface area contributed by atoms with Crippen molar-refractivity contribution >= 4 is 21.7 Å². The lowest BCUT2D eigenvalue weighted by atomic mass is 10.1. The van der Waals surface area contributed by atoms with E-state index in [-0.39, 0.29) is 0 Å². The van der Waals surface area contributed by atoms with Gasteiger partial charge in [0.1, 0.15) is 5.49 Å². The molecule has 2 heteroatoms. The van der Waals surface area contributed by atoms with Crippen LogP contribution in [0.3, 0.4) is 0 Å². The van der Waals surface area contributed by atoms with E-state index in [4.69, 9.17) is 5.41 Å². The first-order valence-corrected chi connectivity index (χ1v) is 5.88. The number of nitrogens with one attached hydrogen (secondary N) is 1. The molecule has 0 amide bonds. The van der Waals surface area contributed by atoms with Crippen LogP contribution in [0, 0.1) is 5.41 Å². The van der Waals surface area contributed by atoms with E-state index >= 15 is 0 Å². The fourth-order valence-corrected chi connectivity index (χ4v) is 2.46. The Morgan fingerprint density at radius 3 is 2.18 bits per heavy atom. The number of nitrogens with zero attached hydrogens (tertiary/aromatic N) is 1. The summed E-state index contributed by atoms with van der Waals surface area (Å²) in [5, 5.41) is 11.7. The molecule has 0 atom stereocenters. The number of hydrogen-bond donors (Lipinski definition) is 1. The number of hydrogen-bond acceptors (Lipinski definition) is 1. The van der Waals surface area contributed by atoms with Gasteiger partial charge in [-0.1, -0.05) is 42.5 Å². The third-order valence-corrected chi connectivity index (χ3v) is 3.25. The maximum Gasteiger partial charge on any atom is 0.133 e. The van der Waals surface area contributed by atoms with Crippen molar-refractivity contribution in [2.75, 3.05) is 0 Å². The third kappa shape index (κ3) is 1.37. The van der Waals surface area contributed by atoms with Crippen molar-refractivity contribution in [1.82, 2.24) is 4.57 Å². The van der Waals surface area contributed by atoms with Gasteiger partial charge < -0.3 is 4.57 Å². The van der Waals surface area contributed by atoms with Gasteiger partial charge >= 0.3 is 0 Å². The normalized spacial score (nSPS) is 11.1. The molecule has 0 radical (unpaired) electrons. The summed E-state index contributed by atoms with van der Waals surface area (Å²) < 4.78 is 2.05. The lowest BCUT2D eigenvalue weighted by Gasteiger charge is -2.12. The zero-order valence-corrected chi connectivity index (χ0v) is 9.77. The molecule has 0 fully saturated rings. The minimum Gasteiger partial charge on any atom is -0.326 e. The predicted molar refractivity (Wildman–Crippen MR) is 71.0 cm³/mol. The second-order valence-corrected chi connectivity index (χ2v) is 4.16. The van der Waals surface area contributed by atoms with Crippen LogP contribution in [0.4, 0.5) is 0 Å². The molecule has 2 nitrogen and oxygen atoms in total. The van der Waals surface area contributed by atoms with Gasteiger partial charge in [-0.2, -0.15) is 0 Å². The molecule has 0 spiro atoms. The van der Waals surface area contributed by atoms with Crippen molar-refractivity contribution in [2.24, 2.45) is 0 Å². The summed E-state index contributed by atoms with van der Waals surface area (Å²) in [6.07, 6.45) is 0. The van der Waals surface area contributed by atoms with Gasteiger partial charge in [-0.15, -0.1) is 0 Å². The van der Waals surface area contributed by atoms with Crippen molar-refractivity contribution in [3.63, 3.8) is 0 Å². The van der Waals surface area contributed by atoms with Gasteiger partial charge in [0.25, 0.3) is 0 Å². The molecule has 3 aromatic rings. The maximum atomic E-state index is 8.28. The molecule has 0 aliphatic carbocycles. The topological polar surface area (TPSA) is 28.8 Å². The fraction of sp³-hybridized carbons (Fsp3) is 0.133. The van der Waals surface area contributed by atoms with Crippen LogP contribution in [0.5, 0.6) is 0 Å². The Balaban J connectivity index is 2.69. The Morgan fingerprint density at radius 1 is 0.882 bits per heavy atom. The Kier molecular flexibility index (Phi) is 2.22. The summed E-state index contributed by atoms with van der Waals surface area (Å²) >= 11 is 0. The van der Waals surface area contributed by atoms with E-state index in [0.29, 0.717) is 5.49 Å². The van der Waals surface area contributed by atoms with E-state index in [1.54, 1.807) is 0 Å². The minimum atomic E-state index is 0.599. The minimum absolute atomic E-state index is 0.599. The second-order valence-electron chi connectivity index (χ2n) is 4.16. The first-order valence-electron chi connectivity index (χ1n) is 5.88. The van der Waals surface area contributed by atoms with Crippen molar-refractivity contribution in [1.29, 1.82) is 5.41 Å². The number of para-hydroxylation sites is 1. The highest BCUT2D eigenvalue weighted by Gasteiger charge is 2.05. The molecule has 0 saturated heterocycles. The Morgan fingerprint density at radius 2 is 1.47 bits per heavy atom. The molecule has 1 heterocycles. The van der Waals surface area contributed by atoms with Gasteiger partial charge in [0.2, 0.25) is 0 Å². The monoisotopic (exact) mass is 222 g/mol. The van der Waals surface area contributed by atoms with Gasteiger partial charge in [-0.25, -0.2) is 0 Å². The number of rotatable bonds is 1. The summed E-state index contributed by atoms with van der Waals surface area (Å²) in [4.78, 5) is 0. The van der Waals surface area contributed by atoms with Crippen LogP contribution >= 0.6 is 0 Å². The number of aromatic nitrogens is 1. The molecule has 0 unspecified atom stereocenters. The fourth-order valence-electron chi connectivity index (χ4n) is 2.46. The van der Waals surface area contributed by atoms with Gasteiger partial charge in [0.15, 0.2) is 0 Å². The first kappa shape index (κ1) is 10.1. The number of fused-ring (bicyclic) bond motifs is 3. The molecular formula is C15H14N2. The van der Waals surface area contributed by atoms with Gasteiger partial charge in [-0.3, -0.25) is 5.41 Å². The summed E-state index contributed by atoms with van der Waals surface area (Å²) in [5.74, 6) is 0. The number of aryl methyl sites for hydroxylation is 1. The third-order valence-electron chi connectivity index (χ3n) is 3.25. The standard InChI is InChI=1S/C15H14N2/c1-2-17-14-10-6-5-8-12(14)11-7-3-4-9-13(11)15(17)16/h3-10,16H,2H2,1H3. The summed E-state index contributed by atoms with van der Waals surface area (Å²) in [6.45, 7) is 2.91. The second kappa shape index (κ2) is 3.74. The van der Waals surface area contributed by atoms with Crippen molar-refractivity contribution in [2.45, 2.75) is 13.5 Å². The van der Waals surface area contributed by atoms with E-state index in [2.05, 4.69) is 35.8 Å². The molecule has 1 aromatic heterocycles. The molecule has 1 N–H and O–H groups in total. The van der Waals surface area contributed by atoms with Crippen LogP contribution in [0.1, 0.15) is 6.92 Å². The zero-order chi connectivity index (χ0) is 11.8. The molecular weight excluding hydrogens is 208 g/mol. The Bertz CT molecular complexity index is 754. The van der Waals surface area contributed by atoms with Crippen LogP contribution < -0.4 is 5.49 Å². The summed E-state index contributed by atoms with van der Waals surface area (Å²) in [5.41, 5.74) is 1.74. The molecule has 3 rings (SSSR count). The molecule has 17 heavy (non-hydrogen) atoms. The quantitative estimate of drug-likeness (QED) is 0.612. The van der Waals surface area contributed by atoms with Crippen LogP contribution in [-0.4, -0.2) is 4.57 Å². The molecule has 2 aromatic carbocycles. The van der Waals surface area contributed by atoms with Crippen molar-refractivity contribution in [3.05, 3.63) is 54.0 Å². The number of benzene rings is 2. The van der Waals surface area contributed by atoms with E-state index in [9.17, 15) is 0 Å². The molecule has 0 aliphatic rings. The van der Waals surface area contributed by atoms with Gasteiger partial charge in [0, 0.05) is 17.3 Å². The van der Waals surface area contributed by atoms with Crippen molar-refractivity contribution in [3.8, 4) is 0 Å². The van der Waals surface area contributed by atoms with E-state index in [1.807, 2.05) is 24.3 Å². The highest BCUT2D eigenvalue weighted by atomic mass is 15.0. The zero-order valence-electron chi connectivity index (χ0n) is 9.77. The van der Waals surface area contributed by atoms with Crippen LogP contribution in [-0.2, 0) is 6.54 Å². The molecule has 0 saturated carbocycles. The van der Waals surface area contributed by atoms with E-state index in [1.165, 1.54) is 5.39 Å². The Hall–Kier alpha value is -2.09. The SMILES string of the molecule is CCn1c(=N)c2ccccc2c2ccccc21. The van der Waals surface area contributed by atoms with Gasteiger partial charge in [-0.05, 0) is 18.4 Å². The lowest BCUT2D eigenvalue weighted by molar-refractivity contribution is 0.742. The smallest absolute Gasteiger partial charge is 0.133 e. The summed E-state index contributed by atoms with van der Waals surface area (Å²) in [6, 6.07) is 16.4. The Labute approximate surface area is 99.6 Å². The average molecular weight is 222 g/mol. The van der Waals surface area contributed by atoms with E-state index in [0.717, 1.165) is 22.8 Å². The summed E-state index contributed by atoms with van der Waals surface area (Å²) in [7, 11) is 0. The average Bonchev–Trinajstić information content (AvgIpc) is 2.40. The number of pyridine rings is 1. The van der Waals surface area contributed by atoms with Crippen LogP contribution in [0.15, 0.2) is 48.5 Å². The van der Waals surface area contributed by atoms with Crippen LogP contribution in [0.2, 0.25) is 0 Å². The maximum absolute atomic E-state index is 8.28. The van der Waals surface area contributed by atoms with Gasteiger partial charge in [0.05, 0.1) is 5.52 Å².